The Morgan fingerprint density at radius 1 is 1.47 bits per heavy atom. The molecule has 0 amide bonds. The Bertz CT molecular complexity index is 391. The first-order valence-corrected chi connectivity index (χ1v) is 6.29. The summed E-state index contributed by atoms with van der Waals surface area (Å²) in [7, 11) is 1.65. The standard InChI is InChI=1S/C13H18BrNO2/c1-13(2,9-15-6-7-16)10-4-5-12(17-3)11(14)8-10/h4-5,7-8,15H,6,9H2,1-3H3. The molecule has 0 aromatic heterocycles. The summed E-state index contributed by atoms with van der Waals surface area (Å²) in [5, 5.41) is 3.11. The molecule has 1 aromatic rings. The van der Waals surface area contributed by atoms with E-state index in [0.717, 1.165) is 23.1 Å². The summed E-state index contributed by atoms with van der Waals surface area (Å²) in [6.45, 7) is 5.42. The van der Waals surface area contributed by atoms with Crippen molar-refractivity contribution >= 4 is 22.2 Å². The Balaban J connectivity index is 2.83. The summed E-state index contributed by atoms with van der Waals surface area (Å²) in [4.78, 5) is 10.3. The fourth-order valence-electron chi connectivity index (χ4n) is 1.63. The Kier molecular flexibility index (Phi) is 5.15. The SMILES string of the molecule is COc1ccc(C(C)(C)CNCC=O)cc1Br. The molecule has 4 heteroatoms. The number of nitrogens with one attached hydrogen (secondary N) is 1. The largest absolute Gasteiger partial charge is 0.496 e. The molecular weight excluding hydrogens is 282 g/mol. The molecule has 0 spiro atoms. The number of methoxy groups -OCH3 is 1. The summed E-state index contributed by atoms with van der Waals surface area (Å²) in [6, 6.07) is 6.05. The highest BCUT2D eigenvalue weighted by Crippen LogP contribution is 2.31. The number of benzene rings is 1. The van der Waals surface area contributed by atoms with E-state index in [4.69, 9.17) is 4.74 Å². The van der Waals surface area contributed by atoms with Gasteiger partial charge in [0.05, 0.1) is 18.1 Å². The molecule has 0 unspecified atom stereocenters. The third kappa shape index (κ3) is 3.82. The zero-order chi connectivity index (χ0) is 12.9. The predicted octanol–water partition coefficient (Wildman–Crippen LogP) is 2.52. The van der Waals surface area contributed by atoms with E-state index in [0.29, 0.717) is 6.54 Å². The van der Waals surface area contributed by atoms with E-state index in [2.05, 4.69) is 41.2 Å². The highest BCUT2D eigenvalue weighted by molar-refractivity contribution is 9.10. The number of rotatable bonds is 6. The maximum absolute atomic E-state index is 10.3. The van der Waals surface area contributed by atoms with Crippen LogP contribution >= 0.6 is 15.9 Å². The molecule has 0 aliphatic rings. The molecule has 94 valence electrons. The van der Waals surface area contributed by atoms with Crippen molar-refractivity contribution in [2.45, 2.75) is 19.3 Å². The summed E-state index contributed by atoms with van der Waals surface area (Å²) < 4.78 is 6.15. The Morgan fingerprint density at radius 2 is 2.18 bits per heavy atom. The van der Waals surface area contributed by atoms with Crippen molar-refractivity contribution in [1.29, 1.82) is 0 Å². The smallest absolute Gasteiger partial charge is 0.133 e. The van der Waals surface area contributed by atoms with E-state index >= 15 is 0 Å². The average Bonchev–Trinajstić information content (AvgIpc) is 2.29. The third-order valence-corrected chi connectivity index (χ3v) is 3.35. The van der Waals surface area contributed by atoms with Gasteiger partial charge in [-0.2, -0.15) is 0 Å². The summed E-state index contributed by atoms with van der Waals surface area (Å²) >= 11 is 3.48. The van der Waals surface area contributed by atoms with Crippen LogP contribution in [0.4, 0.5) is 0 Å². The van der Waals surface area contributed by atoms with Crippen molar-refractivity contribution in [2.24, 2.45) is 0 Å². The molecule has 1 rings (SSSR count). The fourth-order valence-corrected chi connectivity index (χ4v) is 2.17. The molecule has 1 aromatic carbocycles. The lowest BCUT2D eigenvalue weighted by molar-refractivity contribution is -0.107. The fraction of sp³-hybridized carbons (Fsp3) is 0.462. The third-order valence-electron chi connectivity index (χ3n) is 2.73. The number of ether oxygens (including phenoxy) is 1. The van der Waals surface area contributed by atoms with Crippen LogP contribution in [0.25, 0.3) is 0 Å². The van der Waals surface area contributed by atoms with Gasteiger partial charge in [-0.15, -0.1) is 0 Å². The van der Waals surface area contributed by atoms with E-state index in [1.807, 2.05) is 12.1 Å². The van der Waals surface area contributed by atoms with Crippen LogP contribution in [0.1, 0.15) is 19.4 Å². The predicted molar refractivity (Wildman–Crippen MR) is 72.7 cm³/mol. The van der Waals surface area contributed by atoms with Gasteiger partial charge in [0.15, 0.2) is 0 Å². The van der Waals surface area contributed by atoms with E-state index in [1.54, 1.807) is 7.11 Å². The topological polar surface area (TPSA) is 38.3 Å². The van der Waals surface area contributed by atoms with Gasteiger partial charge < -0.3 is 14.8 Å². The van der Waals surface area contributed by atoms with Crippen LogP contribution in [-0.4, -0.2) is 26.5 Å². The van der Waals surface area contributed by atoms with Crippen LogP contribution in [0.3, 0.4) is 0 Å². The van der Waals surface area contributed by atoms with E-state index < -0.39 is 0 Å². The Labute approximate surface area is 111 Å². The lowest BCUT2D eigenvalue weighted by Crippen LogP contribution is -2.33. The van der Waals surface area contributed by atoms with Crippen molar-refractivity contribution in [1.82, 2.24) is 5.32 Å². The molecule has 0 radical (unpaired) electrons. The highest BCUT2D eigenvalue weighted by atomic mass is 79.9. The lowest BCUT2D eigenvalue weighted by atomic mass is 9.84. The second-order valence-corrected chi connectivity index (χ2v) is 5.39. The molecule has 0 heterocycles. The van der Waals surface area contributed by atoms with Gasteiger partial charge in [-0.05, 0) is 33.6 Å². The Hall–Kier alpha value is -0.870. The van der Waals surface area contributed by atoms with Gasteiger partial charge >= 0.3 is 0 Å². The van der Waals surface area contributed by atoms with Crippen LogP contribution < -0.4 is 10.1 Å². The molecule has 0 atom stereocenters. The number of aldehydes is 1. The zero-order valence-electron chi connectivity index (χ0n) is 10.4. The molecule has 0 fully saturated rings. The van der Waals surface area contributed by atoms with Crippen LogP contribution in [-0.2, 0) is 10.2 Å². The number of carbonyl (C=O) groups excluding carboxylic acids is 1. The van der Waals surface area contributed by atoms with Crippen LogP contribution in [0, 0.1) is 0 Å². The number of hydrogen-bond acceptors (Lipinski definition) is 3. The zero-order valence-corrected chi connectivity index (χ0v) is 12.0. The van der Waals surface area contributed by atoms with Gasteiger partial charge in [0, 0.05) is 12.0 Å². The van der Waals surface area contributed by atoms with E-state index in [-0.39, 0.29) is 5.41 Å². The molecule has 0 saturated heterocycles. The van der Waals surface area contributed by atoms with Crippen LogP contribution in [0.5, 0.6) is 5.75 Å². The first kappa shape index (κ1) is 14.2. The number of halogens is 1. The van der Waals surface area contributed by atoms with Gasteiger partial charge in [0.1, 0.15) is 12.0 Å². The minimum atomic E-state index is -0.0300. The first-order chi connectivity index (χ1) is 8.01. The molecule has 0 bridgehead atoms. The van der Waals surface area contributed by atoms with E-state index in [1.165, 1.54) is 5.56 Å². The minimum absolute atomic E-state index is 0.0300. The quantitative estimate of drug-likeness (QED) is 0.648. The monoisotopic (exact) mass is 299 g/mol. The lowest BCUT2D eigenvalue weighted by Gasteiger charge is -2.26. The van der Waals surface area contributed by atoms with Crippen molar-refractivity contribution in [3.8, 4) is 5.75 Å². The van der Waals surface area contributed by atoms with Crippen LogP contribution in [0.2, 0.25) is 0 Å². The van der Waals surface area contributed by atoms with Gasteiger partial charge in [-0.3, -0.25) is 0 Å². The van der Waals surface area contributed by atoms with Crippen molar-refractivity contribution in [3.05, 3.63) is 28.2 Å². The maximum atomic E-state index is 10.3. The maximum Gasteiger partial charge on any atom is 0.133 e. The first-order valence-electron chi connectivity index (χ1n) is 5.49. The summed E-state index contributed by atoms with van der Waals surface area (Å²) in [6.07, 6.45) is 0.875. The normalized spacial score (nSPS) is 11.3. The molecule has 0 aliphatic heterocycles. The molecule has 17 heavy (non-hydrogen) atoms. The van der Waals surface area contributed by atoms with Crippen molar-refractivity contribution in [3.63, 3.8) is 0 Å². The summed E-state index contributed by atoms with van der Waals surface area (Å²) in [5.41, 5.74) is 1.17. The summed E-state index contributed by atoms with van der Waals surface area (Å²) in [5.74, 6) is 0.824. The van der Waals surface area contributed by atoms with Crippen molar-refractivity contribution < 1.29 is 9.53 Å². The van der Waals surface area contributed by atoms with Gasteiger partial charge in [-0.1, -0.05) is 19.9 Å². The average molecular weight is 300 g/mol. The molecule has 0 saturated carbocycles. The van der Waals surface area contributed by atoms with Crippen molar-refractivity contribution in [2.75, 3.05) is 20.2 Å². The molecule has 3 nitrogen and oxygen atoms in total. The molecule has 1 N–H and O–H groups in total. The Morgan fingerprint density at radius 3 is 2.71 bits per heavy atom. The van der Waals surface area contributed by atoms with Gasteiger partial charge in [0.25, 0.3) is 0 Å². The minimum Gasteiger partial charge on any atom is -0.496 e. The van der Waals surface area contributed by atoms with Gasteiger partial charge in [-0.25, -0.2) is 0 Å². The second kappa shape index (κ2) is 6.17. The highest BCUT2D eigenvalue weighted by Gasteiger charge is 2.20. The van der Waals surface area contributed by atoms with Gasteiger partial charge in [0.2, 0.25) is 0 Å². The van der Waals surface area contributed by atoms with E-state index in [9.17, 15) is 4.79 Å². The molecule has 0 aliphatic carbocycles. The van der Waals surface area contributed by atoms with Crippen LogP contribution in [0.15, 0.2) is 22.7 Å². The molecular formula is C13H18BrNO2. The number of hydrogen-bond donors (Lipinski definition) is 1. The second-order valence-electron chi connectivity index (χ2n) is 4.53. The number of carbonyl (C=O) groups is 1.